The number of ether oxygens (including phenoxy) is 2. The summed E-state index contributed by atoms with van der Waals surface area (Å²) >= 11 is 0. The van der Waals surface area contributed by atoms with Gasteiger partial charge in [-0.25, -0.2) is 16.8 Å². The molecule has 6 rings (SSSR count). The summed E-state index contributed by atoms with van der Waals surface area (Å²) in [5.41, 5.74) is 12.2. The number of nitrogens with zero attached hydrogens (tertiary/aromatic N) is 8. The van der Waals surface area contributed by atoms with E-state index in [-0.39, 0.29) is 106 Å². The van der Waals surface area contributed by atoms with Gasteiger partial charge in [-0.2, -0.15) is 29.9 Å². The zero-order chi connectivity index (χ0) is 37.5. The van der Waals surface area contributed by atoms with Gasteiger partial charge in [-0.1, -0.05) is 44.2 Å². The third-order valence-corrected chi connectivity index (χ3v) is 9.39. The Morgan fingerprint density at radius 1 is 0.704 bits per heavy atom. The van der Waals surface area contributed by atoms with Crippen LogP contribution in [0.1, 0.15) is 36.4 Å². The minimum Gasteiger partial charge on any atom is -0.744 e. The van der Waals surface area contributed by atoms with E-state index in [1.807, 2.05) is 23.6 Å². The first kappa shape index (κ1) is 45.3. The van der Waals surface area contributed by atoms with Gasteiger partial charge in [0.05, 0.1) is 36.2 Å². The Labute approximate surface area is 357 Å². The van der Waals surface area contributed by atoms with Crippen LogP contribution in [-0.2, 0) is 36.1 Å². The second-order valence-corrected chi connectivity index (χ2v) is 13.8. The third-order valence-electron chi connectivity index (χ3n) is 7.61. The SMILES string of the molecule is CC.Nc1nc(Cc2ccc(/C=C/c3ccc(Nc4nc(N)nc(N5CCOCC5)n4)cc3S(=O)(=O)[O-])c(S(=O)(=O)[O-])c2)nc(N2CCOCC2)n1.[Na+].[Na+]. The molecule has 23 heteroatoms. The molecule has 0 unspecified atom stereocenters. The number of nitrogen functional groups attached to an aromatic ring is 2. The molecule has 0 radical (unpaired) electrons. The molecular formula is C31H37N11Na2O8S2. The van der Waals surface area contributed by atoms with Crippen molar-refractivity contribution in [1.29, 1.82) is 0 Å². The van der Waals surface area contributed by atoms with Crippen molar-refractivity contribution in [2.75, 3.05) is 79.2 Å². The Morgan fingerprint density at radius 3 is 1.72 bits per heavy atom. The number of anilines is 6. The molecule has 19 nitrogen and oxygen atoms in total. The number of rotatable bonds is 10. The molecule has 0 atom stereocenters. The van der Waals surface area contributed by atoms with Crippen molar-refractivity contribution in [2.24, 2.45) is 0 Å². The topological polar surface area (TPSA) is 281 Å². The smallest absolute Gasteiger partial charge is 0.744 e. The molecule has 54 heavy (non-hydrogen) atoms. The molecule has 0 aliphatic carbocycles. The molecule has 2 saturated heterocycles. The minimum atomic E-state index is -5.04. The molecule has 5 N–H and O–H groups in total. The summed E-state index contributed by atoms with van der Waals surface area (Å²) in [6.07, 6.45) is 2.48. The van der Waals surface area contributed by atoms with Gasteiger partial charge < -0.3 is 45.2 Å². The monoisotopic (exact) mass is 801 g/mol. The van der Waals surface area contributed by atoms with E-state index in [1.165, 1.54) is 36.4 Å². The summed E-state index contributed by atoms with van der Waals surface area (Å²) in [5, 5.41) is 2.84. The van der Waals surface area contributed by atoms with E-state index in [1.54, 1.807) is 6.07 Å². The molecular weight excluding hydrogens is 765 g/mol. The molecule has 2 aliphatic heterocycles. The molecule has 4 heterocycles. The first-order chi connectivity index (χ1) is 24.8. The van der Waals surface area contributed by atoms with Crippen LogP contribution < -0.4 is 85.7 Å². The molecule has 0 amide bonds. The Bertz CT molecular complexity index is 2000. The number of aromatic nitrogens is 6. The second-order valence-electron chi connectivity index (χ2n) is 11.1. The maximum Gasteiger partial charge on any atom is 1.00 e. The van der Waals surface area contributed by atoms with E-state index in [0.717, 1.165) is 6.07 Å². The van der Waals surface area contributed by atoms with Gasteiger partial charge in [0, 0.05) is 38.3 Å². The van der Waals surface area contributed by atoms with Gasteiger partial charge in [0.25, 0.3) is 0 Å². The van der Waals surface area contributed by atoms with E-state index in [2.05, 4.69) is 35.2 Å². The van der Waals surface area contributed by atoms with Crippen LogP contribution in [0.2, 0.25) is 0 Å². The van der Waals surface area contributed by atoms with Crippen molar-refractivity contribution in [3.05, 3.63) is 58.9 Å². The number of morpholine rings is 2. The number of hydrogen-bond donors (Lipinski definition) is 3. The van der Waals surface area contributed by atoms with Crippen molar-refractivity contribution >= 4 is 67.8 Å². The summed E-state index contributed by atoms with van der Waals surface area (Å²) in [6, 6.07) is 7.99. The van der Waals surface area contributed by atoms with E-state index in [0.29, 0.717) is 70.1 Å². The van der Waals surface area contributed by atoms with Gasteiger partial charge in [-0.15, -0.1) is 0 Å². The summed E-state index contributed by atoms with van der Waals surface area (Å²) < 4.78 is 84.6. The van der Waals surface area contributed by atoms with E-state index < -0.39 is 30.0 Å². The van der Waals surface area contributed by atoms with Gasteiger partial charge >= 0.3 is 59.1 Å². The standard InChI is InChI=1S/C29H33N11O8S2.C2H6.2Na/c30-25-33-24(34-28(36-25)39-7-11-47-12-8-39)16-18-1-2-19(22(15-18)49(41,42)43)3-4-20-5-6-21(17-23(20)50(44,45)46)32-27-35-26(31)37-29(38-27)40-9-13-48-14-10-40;1-2;;/h1-6,15,17H,7-14,16H2,(H,41,42,43)(H,44,45,46)(H2,30,33,34,36)(H3,31,32,35,37,38);1-2H3;;/q;;2*+1/p-2/b4-3+;;;. The average Bonchev–Trinajstić information content (AvgIpc) is 3.12. The van der Waals surface area contributed by atoms with Crippen molar-refractivity contribution in [2.45, 2.75) is 30.1 Å². The third kappa shape index (κ3) is 12.2. The fraction of sp³-hybridized carbons (Fsp3) is 0.355. The van der Waals surface area contributed by atoms with E-state index in [4.69, 9.17) is 20.9 Å². The first-order valence-corrected chi connectivity index (χ1v) is 18.9. The molecule has 278 valence electrons. The maximum atomic E-state index is 12.3. The molecule has 2 aromatic heterocycles. The van der Waals surface area contributed by atoms with Crippen LogP contribution in [0.25, 0.3) is 12.2 Å². The number of nitrogens with one attached hydrogen (secondary N) is 1. The first-order valence-electron chi connectivity index (χ1n) is 16.1. The average molecular weight is 802 g/mol. The minimum absolute atomic E-state index is 0. The van der Waals surface area contributed by atoms with Crippen LogP contribution in [0.5, 0.6) is 0 Å². The van der Waals surface area contributed by atoms with Crippen LogP contribution in [0.4, 0.5) is 35.4 Å². The van der Waals surface area contributed by atoms with Gasteiger partial charge in [0.2, 0.25) is 29.7 Å². The van der Waals surface area contributed by atoms with Crippen molar-refractivity contribution in [3.8, 4) is 0 Å². The van der Waals surface area contributed by atoms with Crippen LogP contribution in [0.3, 0.4) is 0 Å². The Morgan fingerprint density at radius 2 is 1.19 bits per heavy atom. The molecule has 2 fully saturated rings. The van der Waals surface area contributed by atoms with Gasteiger partial charge in [-0.05, 0) is 34.9 Å². The summed E-state index contributed by atoms with van der Waals surface area (Å²) in [4.78, 5) is 27.9. The zero-order valence-electron chi connectivity index (χ0n) is 30.3. The fourth-order valence-electron chi connectivity index (χ4n) is 5.25. The molecule has 0 saturated carbocycles. The van der Waals surface area contributed by atoms with E-state index in [9.17, 15) is 25.9 Å². The largest absolute Gasteiger partial charge is 1.00 e. The van der Waals surface area contributed by atoms with Crippen LogP contribution in [0, 0.1) is 0 Å². The van der Waals surface area contributed by atoms with Crippen molar-refractivity contribution < 1.29 is 94.5 Å². The summed E-state index contributed by atoms with van der Waals surface area (Å²) in [5.74, 6) is 0.822. The maximum absolute atomic E-state index is 12.3. The molecule has 0 bridgehead atoms. The Kier molecular flexibility index (Phi) is 17.0. The fourth-order valence-corrected chi connectivity index (χ4v) is 6.67. The number of nitrogens with two attached hydrogens (primary N) is 2. The normalized spacial score (nSPS) is 14.7. The zero-order valence-corrected chi connectivity index (χ0v) is 35.9. The van der Waals surface area contributed by atoms with Crippen LogP contribution >= 0.6 is 0 Å². The number of benzene rings is 2. The molecule has 4 aromatic rings. The van der Waals surface area contributed by atoms with Crippen molar-refractivity contribution in [3.63, 3.8) is 0 Å². The Hall–Kier alpha value is -3.06. The van der Waals surface area contributed by atoms with Gasteiger partial charge in [0.1, 0.15) is 26.1 Å². The number of hydrogen-bond acceptors (Lipinski definition) is 19. The van der Waals surface area contributed by atoms with Crippen LogP contribution in [-0.4, -0.2) is 108 Å². The van der Waals surface area contributed by atoms with Gasteiger partial charge in [0.15, 0.2) is 0 Å². The molecule has 2 aromatic carbocycles. The van der Waals surface area contributed by atoms with Gasteiger partial charge in [-0.3, -0.25) is 0 Å². The van der Waals surface area contributed by atoms with E-state index >= 15 is 0 Å². The second kappa shape index (κ2) is 20.2. The predicted octanol–water partition coefficient (Wildman–Crippen LogP) is -4.76. The van der Waals surface area contributed by atoms with Crippen LogP contribution in [0.15, 0.2) is 46.2 Å². The quantitative estimate of drug-likeness (QED) is 0.0771. The Balaban J connectivity index is 0.00000193. The molecule has 0 spiro atoms. The molecule has 2 aliphatic rings. The van der Waals surface area contributed by atoms with Crippen molar-refractivity contribution in [1.82, 2.24) is 29.9 Å². The predicted molar refractivity (Wildman–Crippen MR) is 190 cm³/mol. The summed E-state index contributed by atoms with van der Waals surface area (Å²) in [7, 11) is -10.1. The summed E-state index contributed by atoms with van der Waals surface area (Å²) in [6.45, 7) is 8.13.